The average Bonchev–Trinajstić information content (AvgIpc) is 3.50. The first-order valence-corrected chi connectivity index (χ1v) is 37.7. The lowest BCUT2D eigenvalue weighted by Crippen LogP contribution is -2.30. The average molecular weight is 1270 g/mol. The van der Waals surface area contributed by atoms with Crippen molar-refractivity contribution in [3.8, 4) is 0 Å². The molecule has 86 heavy (non-hydrogen) atoms. The minimum Gasteiger partial charge on any atom is -0.462 e. The first kappa shape index (κ1) is 84.1. The molecule has 0 aromatic rings. The highest BCUT2D eigenvalue weighted by atomic mass is 31.2. The summed E-state index contributed by atoms with van der Waals surface area (Å²) in [4.78, 5) is 72.4. The van der Waals surface area contributed by atoms with Gasteiger partial charge in [0.2, 0.25) is 0 Å². The number of aliphatic hydroxyl groups is 1. The Morgan fingerprint density at radius 1 is 0.291 bits per heavy atom. The van der Waals surface area contributed by atoms with Gasteiger partial charge in [0.15, 0.2) is 12.2 Å². The van der Waals surface area contributed by atoms with Crippen LogP contribution in [0.5, 0.6) is 0 Å². The Morgan fingerprint density at radius 3 is 0.721 bits per heavy atom. The third kappa shape index (κ3) is 60.9. The van der Waals surface area contributed by atoms with Crippen molar-refractivity contribution in [2.75, 3.05) is 39.6 Å². The lowest BCUT2D eigenvalue weighted by molar-refractivity contribution is -0.161. The van der Waals surface area contributed by atoms with Crippen LogP contribution in [0.25, 0.3) is 0 Å². The van der Waals surface area contributed by atoms with Gasteiger partial charge in [-0.3, -0.25) is 37.3 Å². The zero-order chi connectivity index (χ0) is 63.9. The molecule has 5 atom stereocenters. The van der Waals surface area contributed by atoms with Gasteiger partial charge >= 0.3 is 39.5 Å². The zero-order valence-electron chi connectivity index (χ0n) is 55.9. The Balaban J connectivity index is 5.25. The van der Waals surface area contributed by atoms with Crippen molar-refractivity contribution in [2.45, 2.75) is 343 Å². The molecule has 0 saturated carbocycles. The number of carbonyl (C=O) groups excluding carboxylic acids is 4. The fourth-order valence-corrected chi connectivity index (χ4v) is 11.5. The molecule has 0 amide bonds. The van der Waals surface area contributed by atoms with E-state index in [0.717, 1.165) is 108 Å². The van der Waals surface area contributed by atoms with Gasteiger partial charge in [0, 0.05) is 25.7 Å². The Labute approximate surface area is 524 Å². The van der Waals surface area contributed by atoms with Crippen LogP contribution in [0.15, 0.2) is 0 Å². The summed E-state index contributed by atoms with van der Waals surface area (Å²) in [6, 6.07) is 0. The molecular weight excluding hydrogens is 1140 g/mol. The first-order valence-electron chi connectivity index (χ1n) is 34.7. The van der Waals surface area contributed by atoms with E-state index in [9.17, 15) is 43.2 Å². The molecule has 0 radical (unpaired) electrons. The number of esters is 4. The Morgan fingerprint density at radius 2 is 0.488 bits per heavy atom. The van der Waals surface area contributed by atoms with Crippen molar-refractivity contribution in [1.29, 1.82) is 0 Å². The number of carbonyl (C=O) groups is 4. The second-order valence-electron chi connectivity index (χ2n) is 26.1. The summed E-state index contributed by atoms with van der Waals surface area (Å²) in [6.45, 7) is 14.0. The molecule has 0 spiro atoms. The molecule has 0 aliphatic carbocycles. The van der Waals surface area contributed by atoms with E-state index in [0.29, 0.717) is 37.5 Å². The summed E-state index contributed by atoms with van der Waals surface area (Å²) < 4.78 is 68.1. The predicted molar refractivity (Wildman–Crippen MR) is 344 cm³/mol. The van der Waals surface area contributed by atoms with Crippen LogP contribution in [0.4, 0.5) is 0 Å². The van der Waals surface area contributed by atoms with Crippen LogP contribution in [-0.4, -0.2) is 96.7 Å². The number of rotatable bonds is 64. The number of phosphoric ester groups is 2. The number of aliphatic hydroxyl groups excluding tert-OH is 1. The van der Waals surface area contributed by atoms with Gasteiger partial charge in [-0.25, -0.2) is 9.13 Å². The van der Waals surface area contributed by atoms with Crippen molar-refractivity contribution < 1.29 is 80.2 Å². The van der Waals surface area contributed by atoms with Crippen molar-refractivity contribution >= 4 is 39.5 Å². The van der Waals surface area contributed by atoms with Crippen LogP contribution in [0, 0.1) is 23.7 Å². The molecule has 17 nitrogen and oxygen atoms in total. The van der Waals surface area contributed by atoms with Crippen molar-refractivity contribution in [1.82, 2.24) is 0 Å². The quantitative estimate of drug-likeness (QED) is 0.0222. The van der Waals surface area contributed by atoms with E-state index in [4.69, 9.17) is 37.0 Å². The lowest BCUT2D eigenvalue weighted by atomic mass is 10.0. The van der Waals surface area contributed by atoms with E-state index in [1.165, 1.54) is 122 Å². The summed E-state index contributed by atoms with van der Waals surface area (Å²) in [5, 5.41) is 10.6. The van der Waals surface area contributed by atoms with Gasteiger partial charge in [0.1, 0.15) is 19.3 Å². The van der Waals surface area contributed by atoms with E-state index in [1.54, 1.807) is 0 Å². The van der Waals surface area contributed by atoms with Crippen molar-refractivity contribution in [3.63, 3.8) is 0 Å². The third-order valence-electron chi connectivity index (χ3n) is 15.3. The van der Waals surface area contributed by atoms with Crippen molar-refractivity contribution in [2.24, 2.45) is 23.7 Å². The molecule has 510 valence electrons. The smallest absolute Gasteiger partial charge is 0.462 e. The molecule has 0 fully saturated rings. The fourth-order valence-electron chi connectivity index (χ4n) is 9.96. The molecule has 0 saturated heterocycles. The minimum atomic E-state index is -4.95. The number of hydrogen-bond acceptors (Lipinski definition) is 15. The minimum absolute atomic E-state index is 0.102. The summed E-state index contributed by atoms with van der Waals surface area (Å²) in [7, 11) is -9.90. The maximum Gasteiger partial charge on any atom is 0.472 e. The zero-order valence-corrected chi connectivity index (χ0v) is 57.7. The largest absolute Gasteiger partial charge is 0.472 e. The highest BCUT2D eigenvalue weighted by Crippen LogP contribution is 2.45. The Bertz CT molecular complexity index is 1710. The first-order chi connectivity index (χ1) is 41.1. The number of unbranched alkanes of at least 4 members (excludes halogenated alkanes) is 30. The molecule has 3 N–H and O–H groups in total. The SMILES string of the molecule is CC(C)CCCCCCCCCCCCC(=O)OC[C@H](COP(=O)(O)OCC(O)COP(=O)(O)OC[C@@H](COC(=O)CCCCCCCCCC(C)C)OC(=O)CCCCCCCCCC(C)C)OC(=O)CCCCCCCCCCCCC(C)C. The summed E-state index contributed by atoms with van der Waals surface area (Å²) in [5.74, 6) is 0.775. The Kier molecular flexibility index (Phi) is 55.7. The molecule has 19 heteroatoms. The number of phosphoric acid groups is 2. The Hall–Kier alpha value is -1.94. The summed E-state index contributed by atoms with van der Waals surface area (Å²) in [6.07, 6.45) is 37.7. The molecule has 0 rings (SSSR count). The van der Waals surface area contributed by atoms with Gasteiger partial charge in [-0.1, -0.05) is 274 Å². The lowest BCUT2D eigenvalue weighted by Gasteiger charge is -2.21. The fraction of sp³-hybridized carbons (Fsp3) is 0.940. The third-order valence-corrected chi connectivity index (χ3v) is 17.2. The van der Waals surface area contributed by atoms with Gasteiger partial charge in [0.25, 0.3) is 0 Å². The van der Waals surface area contributed by atoms with Gasteiger partial charge in [-0.2, -0.15) is 0 Å². The molecule has 0 aliphatic heterocycles. The maximum absolute atomic E-state index is 13.0. The van der Waals surface area contributed by atoms with Crippen LogP contribution < -0.4 is 0 Å². The van der Waals surface area contributed by atoms with E-state index in [-0.39, 0.29) is 25.7 Å². The normalized spacial score (nSPS) is 14.4. The molecule has 0 aromatic heterocycles. The topological polar surface area (TPSA) is 237 Å². The molecular formula is C67H130O17P2. The maximum atomic E-state index is 13.0. The molecule has 3 unspecified atom stereocenters. The summed E-state index contributed by atoms with van der Waals surface area (Å²) >= 11 is 0. The van der Waals surface area contributed by atoms with Crippen LogP contribution >= 0.6 is 15.6 Å². The van der Waals surface area contributed by atoms with Gasteiger partial charge in [-0.05, 0) is 49.4 Å². The van der Waals surface area contributed by atoms with Crippen LogP contribution in [-0.2, 0) is 65.4 Å². The standard InChI is InChI=1S/C67H130O17P2/c1-57(2)43-35-27-19-13-9-11-15-23-31-39-47-64(69)77-53-62(83-66(71)49-41-33-24-16-12-10-14-20-28-36-44-58(3)4)55-81-85(73,74)79-51-61(68)52-80-86(75,76)82-56-63(84-67(72)50-42-34-26-18-22-30-38-46-60(7)8)54-78-65(70)48-40-32-25-17-21-29-37-45-59(5)6/h57-63,68H,9-56H2,1-8H3,(H,73,74)(H,75,76)/t61?,62-,63-/m1/s1. The molecule has 0 heterocycles. The molecule has 0 aromatic carbocycles. The van der Waals surface area contributed by atoms with Crippen molar-refractivity contribution in [3.05, 3.63) is 0 Å². The molecule has 0 aliphatic rings. The van der Waals surface area contributed by atoms with Crippen LogP contribution in [0.1, 0.15) is 325 Å². The number of hydrogen-bond donors (Lipinski definition) is 3. The highest BCUT2D eigenvalue weighted by Gasteiger charge is 2.30. The second-order valence-corrected chi connectivity index (χ2v) is 29.0. The predicted octanol–water partition coefficient (Wildman–Crippen LogP) is 18.5. The highest BCUT2D eigenvalue weighted by molar-refractivity contribution is 7.47. The molecule has 0 bridgehead atoms. The van der Waals surface area contributed by atoms with E-state index in [2.05, 4.69) is 55.4 Å². The second kappa shape index (κ2) is 57.0. The summed E-state index contributed by atoms with van der Waals surface area (Å²) in [5.41, 5.74) is 0. The monoisotopic (exact) mass is 1270 g/mol. The van der Waals surface area contributed by atoms with E-state index < -0.39 is 97.5 Å². The van der Waals surface area contributed by atoms with Crippen LogP contribution in [0.3, 0.4) is 0 Å². The number of ether oxygens (including phenoxy) is 4. The van der Waals surface area contributed by atoms with E-state index in [1.807, 2.05) is 0 Å². The van der Waals surface area contributed by atoms with Crippen LogP contribution in [0.2, 0.25) is 0 Å². The van der Waals surface area contributed by atoms with Gasteiger partial charge in [-0.15, -0.1) is 0 Å². The van der Waals surface area contributed by atoms with Gasteiger partial charge < -0.3 is 33.8 Å². The van der Waals surface area contributed by atoms with E-state index >= 15 is 0 Å². The van der Waals surface area contributed by atoms with Gasteiger partial charge in [0.05, 0.1) is 26.4 Å².